The van der Waals surface area contributed by atoms with Crippen molar-refractivity contribution in [1.29, 1.82) is 0 Å². The molecule has 0 spiro atoms. The first-order valence-corrected chi connectivity index (χ1v) is 10.1. The van der Waals surface area contributed by atoms with Gasteiger partial charge in [0.2, 0.25) is 11.8 Å². The second-order valence-electron chi connectivity index (χ2n) is 6.60. The number of hydrogen-bond acceptors (Lipinski definition) is 6. The number of ether oxygens (including phenoxy) is 2. The number of nitrogens with zero attached hydrogens (tertiary/aromatic N) is 2. The van der Waals surface area contributed by atoms with Crippen molar-refractivity contribution in [2.45, 2.75) is 38.4 Å². The minimum atomic E-state index is -0.628. The first kappa shape index (κ1) is 19.6. The number of piperidine rings is 1. The summed E-state index contributed by atoms with van der Waals surface area (Å²) < 4.78 is 10.3. The highest BCUT2D eigenvalue weighted by atomic mass is 32.1. The van der Waals surface area contributed by atoms with E-state index < -0.39 is 6.04 Å². The second kappa shape index (κ2) is 9.18. The van der Waals surface area contributed by atoms with Crippen molar-refractivity contribution < 1.29 is 23.9 Å². The monoisotopic (exact) mass is 395 g/mol. The van der Waals surface area contributed by atoms with Gasteiger partial charge in [-0.3, -0.25) is 9.59 Å². The standard InChI is InChI=1S/C18H25N3O5S/c1-2-26-18(24)20-7-5-13(6-8-20)19-17(23)15-11-25-12-16(22)21(15)10-14-4-3-9-27-14/h3-4,9,13,15H,2,5-8,10-12H2,1H3,(H,19,23). The molecule has 0 bridgehead atoms. The minimum Gasteiger partial charge on any atom is -0.450 e. The zero-order valence-electron chi connectivity index (χ0n) is 15.4. The predicted molar refractivity (Wildman–Crippen MR) is 99.2 cm³/mol. The fourth-order valence-corrected chi connectivity index (χ4v) is 4.01. The lowest BCUT2D eigenvalue weighted by Gasteiger charge is -2.36. The normalized spacial score (nSPS) is 21.2. The average Bonchev–Trinajstić information content (AvgIpc) is 3.17. The first-order valence-electron chi connectivity index (χ1n) is 9.20. The summed E-state index contributed by atoms with van der Waals surface area (Å²) in [6.45, 7) is 3.84. The summed E-state index contributed by atoms with van der Waals surface area (Å²) in [4.78, 5) is 41.1. The zero-order valence-corrected chi connectivity index (χ0v) is 16.2. The molecule has 1 unspecified atom stereocenters. The van der Waals surface area contributed by atoms with Crippen LogP contribution < -0.4 is 5.32 Å². The van der Waals surface area contributed by atoms with Gasteiger partial charge < -0.3 is 24.6 Å². The lowest BCUT2D eigenvalue weighted by Crippen LogP contribution is -2.58. The number of hydrogen-bond donors (Lipinski definition) is 1. The van der Waals surface area contributed by atoms with E-state index >= 15 is 0 Å². The summed E-state index contributed by atoms with van der Waals surface area (Å²) in [5, 5.41) is 4.97. The Kier molecular flexibility index (Phi) is 6.68. The number of thiophene rings is 1. The molecule has 3 heterocycles. The van der Waals surface area contributed by atoms with Gasteiger partial charge in [0.15, 0.2) is 0 Å². The van der Waals surface area contributed by atoms with Gasteiger partial charge in [-0.1, -0.05) is 6.07 Å². The lowest BCUT2D eigenvalue weighted by molar-refractivity contribution is -0.156. The molecular weight excluding hydrogens is 370 g/mol. The van der Waals surface area contributed by atoms with Crippen LogP contribution in [0, 0.1) is 0 Å². The van der Waals surface area contributed by atoms with E-state index in [1.54, 1.807) is 28.1 Å². The van der Waals surface area contributed by atoms with Crippen molar-refractivity contribution in [3.8, 4) is 0 Å². The molecule has 1 atom stereocenters. The van der Waals surface area contributed by atoms with Gasteiger partial charge >= 0.3 is 6.09 Å². The summed E-state index contributed by atoms with van der Waals surface area (Å²) in [7, 11) is 0. The van der Waals surface area contributed by atoms with E-state index in [0.29, 0.717) is 39.1 Å². The van der Waals surface area contributed by atoms with Crippen molar-refractivity contribution >= 4 is 29.2 Å². The number of likely N-dealkylation sites (tertiary alicyclic amines) is 1. The lowest BCUT2D eigenvalue weighted by atomic mass is 10.0. The highest BCUT2D eigenvalue weighted by Gasteiger charge is 2.35. The molecule has 0 saturated carbocycles. The minimum absolute atomic E-state index is 0.00703. The van der Waals surface area contributed by atoms with Gasteiger partial charge in [0.25, 0.3) is 0 Å². The van der Waals surface area contributed by atoms with Crippen LogP contribution in [0.15, 0.2) is 17.5 Å². The van der Waals surface area contributed by atoms with E-state index in [4.69, 9.17) is 9.47 Å². The summed E-state index contributed by atoms with van der Waals surface area (Å²) in [6.07, 6.45) is 1.02. The van der Waals surface area contributed by atoms with Gasteiger partial charge in [0.05, 0.1) is 19.8 Å². The van der Waals surface area contributed by atoms with Crippen LogP contribution in [0.3, 0.4) is 0 Å². The van der Waals surface area contributed by atoms with Gasteiger partial charge in [-0.25, -0.2) is 4.79 Å². The summed E-state index contributed by atoms with van der Waals surface area (Å²) in [5.41, 5.74) is 0. The van der Waals surface area contributed by atoms with Crippen molar-refractivity contribution in [1.82, 2.24) is 15.1 Å². The molecule has 27 heavy (non-hydrogen) atoms. The molecule has 148 valence electrons. The van der Waals surface area contributed by atoms with E-state index in [-0.39, 0.29) is 37.2 Å². The Bertz CT molecular complexity index is 658. The first-order chi connectivity index (χ1) is 13.1. The van der Waals surface area contributed by atoms with E-state index in [1.165, 1.54) is 0 Å². The molecule has 1 aromatic heterocycles. The Morgan fingerprint density at radius 2 is 2.15 bits per heavy atom. The third-order valence-corrected chi connectivity index (χ3v) is 5.64. The molecular formula is C18H25N3O5S. The van der Waals surface area contributed by atoms with E-state index in [1.807, 2.05) is 17.5 Å². The topological polar surface area (TPSA) is 88.2 Å². The van der Waals surface area contributed by atoms with E-state index in [2.05, 4.69) is 5.32 Å². The van der Waals surface area contributed by atoms with Crippen LogP contribution in [0.4, 0.5) is 4.79 Å². The Labute approximate surface area is 162 Å². The van der Waals surface area contributed by atoms with Crippen molar-refractivity contribution in [2.75, 3.05) is 32.9 Å². The molecule has 2 saturated heterocycles. The van der Waals surface area contributed by atoms with Gasteiger partial charge in [0, 0.05) is 24.0 Å². The molecule has 8 nitrogen and oxygen atoms in total. The van der Waals surface area contributed by atoms with Crippen molar-refractivity contribution in [3.63, 3.8) is 0 Å². The van der Waals surface area contributed by atoms with Crippen LogP contribution in [0.2, 0.25) is 0 Å². The van der Waals surface area contributed by atoms with Crippen LogP contribution in [0.1, 0.15) is 24.6 Å². The third-order valence-electron chi connectivity index (χ3n) is 4.77. The molecule has 2 aliphatic rings. The maximum absolute atomic E-state index is 12.8. The molecule has 0 aromatic carbocycles. The SMILES string of the molecule is CCOC(=O)N1CCC(NC(=O)C2COCC(=O)N2Cc2cccs2)CC1. The number of morpholine rings is 1. The maximum Gasteiger partial charge on any atom is 0.409 e. The van der Waals surface area contributed by atoms with Gasteiger partial charge in [-0.2, -0.15) is 0 Å². The highest BCUT2D eigenvalue weighted by Crippen LogP contribution is 2.18. The molecule has 3 amide bonds. The Morgan fingerprint density at radius 1 is 1.37 bits per heavy atom. The molecule has 0 aliphatic carbocycles. The van der Waals surface area contributed by atoms with Gasteiger partial charge in [-0.15, -0.1) is 11.3 Å². The van der Waals surface area contributed by atoms with E-state index in [0.717, 1.165) is 4.88 Å². The van der Waals surface area contributed by atoms with Crippen LogP contribution in [0.5, 0.6) is 0 Å². The average molecular weight is 395 g/mol. The van der Waals surface area contributed by atoms with Crippen LogP contribution in [-0.4, -0.2) is 72.7 Å². The Morgan fingerprint density at radius 3 is 2.81 bits per heavy atom. The van der Waals surface area contributed by atoms with Crippen LogP contribution >= 0.6 is 11.3 Å². The van der Waals surface area contributed by atoms with Gasteiger partial charge in [-0.05, 0) is 31.2 Å². The number of nitrogens with one attached hydrogen (secondary N) is 1. The fourth-order valence-electron chi connectivity index (χ4n) is 3.31. The largest absolute Gasteiger partial charge is 0.450 e. The predicted octanol–water partition coefficient (Wildman–Crippen LogP) is 1.21. The molecule has 3 rings (SSSR count). The second-order valence-corrected chi connectivity index (χ2v) is 7.63. The van der Waals surface area contributed by atoms with Crippen LogP contribution in [0.25, 0.3) is 0 Å². The number of carbonyl (C=O) groups excluding carboxylic acids is 3. The molecule has 0 radical (unpaired) electrons. The maximum atomic E-state index is 12.8. The van der Waals surface area contributed by atoms with Crippen molar-refractivity contribution in [3.05, 3.63) is 22.4 Å². The molecule has 2 aliphatic heterocycles. The number of carbonyl (C=O) groups is 3. The number of amides is 3. The van der Waals surface area contributed by atoms with Crippen LogP contribution in [-0.2, 0) is 25.6 Å². The smallest absolute Gasteiger partial charge is 0.409 e. The van der Waals surface area contributed by atoms with Crippen molar-refractivity contribution in [2.24, 2.45) is 0 Å². The molecule has 9 heteroatoms. The Hall–Kier alpha value is -2.13. The van der Waals surface area contributed by atoms with E-state index in [9.17, 15) is 14.4 Å². The highest BCUT2D eigenvalue weighted by molar-refractivity contribution is 7.09. The fraction of sp³-hybridized carbons (Fsp3) is 0.611. The summed E-state index contributed by atoms with van der Waals surface area (Å²) in [6, 6.07) is 3.23. The Balaban J connectivity index is 1.54. The number of rotatable bonds is 5. The molecule has 1 N–H and O–H groups in total. The molecule has 1 aromatic rings. The quantitative estimate of drug-likeness (QED) is 0.810. The van der Waals surface area contributed by atoms with Gasteiger partial charge in [0.1, 0.15) is 12.6 Å². The molecule has 2 fully saturated rings. The zero-order chi connectivity index (χ0) is 19.2. The summed E-state index contributed by atoms with van der Waals surface area (Å²) in [5.74, 6) is -0.374. The summed E-state index contributed by atoms with van der Waals surface area (Å²) >= 11 is 1.56. The third kappa shape index (κ3) is 4.98.